The lowest BCUT2D eigenvalue weighted by Gasteiger charge is -2.34. The van der Waals surface area contributed by atoms with Gasteiger partial charge in [0.2, 0.25) is 0 Å². The summed E-state index contributed by atoms with van der Waals surface area (Å²) in [5.41, 5.74) is 7.97. The molecule has 1 saturated carbocycles. The molecule has 17 heavy (non-hydrogen) atoms. The lowest BCUT2D eigenvalue weighted by atomic mass is 9.81. The number of nitrogen functional groups attached to an aromatic ring is 1. The minimum Gasteiger partial charge on any atom is -0.383 e. The summed E-state index contributed by atoms with van der Waals surface area (Å²) in [4.78, 5) is 8.38. The van der Waals surface area contributed by atoms with Crippen LogP contribution in [-0.4, -0.2) is 14.5 Å². The molecule has 1 fully saturated rings. The summed E-state index contributed by atoms with van der Waals surface area (Å²) >= 11 is 0. The molecule has 1 aliphatic rings. The van der Waals surface area contributed by atoms with Gasteiger partial charge in [0.25, 0.3) is 0 Å². The molecule has 4 nitrogen and oxygen atoms in total. The number of nitrogens with two attached hydrogens (primary N) is 1. The van der Waals surface area contributed by atoms with Crippen LogP contribution in [0.1, 0.15) is 25.8 Å². The zero-order valence-electron chi connectivity index (χ0n) is 9.87. The maximum Gasteiger partial charge on any atom is 0.132 e. The minimum absolute atomic E-state index is 0.571. The summed E-state index contributed by atoms with van der Waals surface area (Å²) in [6, 6.07) is 4.48. The fourth-order valence-corrected chi connectivity index (χ4v) is 2.53. The van der Waals surface area contributed by atoms with E-state index in [-0.39, 0.29) is 0 Å². The van der Waals surface area contributed by atoms with Gasteiger partial charge in [0, 0.05) is 17.8 Å². The molecule has 0 unspecified atom stereocenters. The predicted molar refractivity (Wildman–Crippen MR) is 67.3 cm³/mol. The van der Waals surface area contributed by atoms with Gasteiger partial charge in [-0.05, 0) is 30.9 Å². The molecule has 0 radical (unpaired) electrons. The fourth-order valence-electron chi connectivity index (χ4n) is 2.53. The van der Waals surface area contributed by atoms with Crippen LogP contribution in [0.3, 0.4) is 0 Å². The number of imidazole rings is 1. The zero-order valence-corrected chi connectivity index (χ0v) is 9.87. The average molecular weight is 228 g/mol. The topological polar surface area (TPSA) is 56.7 Å². The molecule has 0 aromatic carbocycles. The highest BCUT2D eigenvalue weighted by atomic mass is 15.1. The summed E-state index contributed by atoms with van der Waals surface area (Å²) in [5.74, 6) is 1.39. The summed E-state index contributed by atoms with van der Waals surface area (Å²) in [6.07, 6.45) is 7.94. The van der Waals surface area contributed by atoms with Crippen molar-refractivity contribution in [3.63, 3.8) is 0 Å². The predicted octanol–water partition coefficient (Wildman–Crippen LogP) is 2.50. The maximum absolute atomic E-state index is 5.92. The molecule has 3 rings (SSSR count). The van der Waals surface area contributed by atoms with Crippen molar-refractivity contribution in [2.45, 2.75) is 25.8 Å². The Morgan fingerprint density at radius 1 is 1.41 bits per heavy atom. The first-order valence-corrected chi connectivity index (χ1v) is 5.98. The monoisotopic (exact) mass is 228 g/mol. The van der Waals surface area contributed by atoms with Crippen LogP contribution in [-0.2, 0) is 0 Å². The van der Waals surface area contributed by atoms with Crippen molar-refractivity contribution in [1.82, 2.24) is 14.5 Å². The zero-order chi connectivity index (χ0) is 11.8. The van der Waals surface area contributed by atoms with Crippen LogP contribution in [0.4, 0.5) is 5.82 Å². The lowest BCUT2D eigenvalue weighted by molar-refractivity contribution is 0.217. The van der Waals surface area contributed by atoms with Gasteiger partial charge in [0.1, 0.15) is 5.82 Å². The standard InChI is InChI=1S/C13H16N4/c1-9-5-10(6-9)17-8-15-7-12(17)11-3-2-4-16-13(11)14/h2-4,7-10H,5-6H2,1H3,(H2,14,16). The van der Waals surface area contributed by atoms with Crippen LogP contribution in [0.15, 0.2) is 30.9 Å². The average Bonchev–Trinajstić information content (AvgIpc) is 2.74. The summed E-state index contributed by atoms with van der Waals surface area (Å²) < 4.78 is 2.23. The van der Waals surface area contributed by atoms with Crippen LogP contribution >= 0.6 is 0 Å². The van der Waals surface area contributed by atoms with E-state index < -0.39 is 0 Å². The molecule has 2 N–H and O–H groups in total. The third-order valence-corrected chi connectivity index (χ3v) is 3.52. The molecule has 0 atom stereocenters. The Balaban J connectivity index is 1.99. The van der Waals surface area contributed by atoms with Crippen LogP contribution in [0, 0.1) is 5.92 Å². The van der Waals surface area contributed by atoms with Gasteiger partial charge in [0.15, 0.2) is 0 Å². The largest absolute Gasteiger partial charge is 0.383 e. The van der Waals surface area contributed by atoms with Crippen LogP contribution < -0.4 is 5.73 Å². The number of anilines is 1. The van der Waals surface area contributed by atoms with E-state index in [9.17, 15) is 0 Å². The van der Waals surface area contributed by atoms with Gasteiger partial charge in [-0.25, -0.2) is 9.97 Å². The molecule has 0 spiro atoms. The molecule has 0 aliphatic heterocycles. The number of nitrogens with zero attached hydrogens (tertiary/aromatic N) is 3. The van der Waals surface area contributed by atoms with Gasteiger partial charge >= 0.3 is 0 Å². The maximum atomic E-state index is 5.92. The lowest BCUT2D eigenvalue weighted by Crippen LogP contribution is -2.24. The van der Waals surface area contributed by atoms with E-state index in [0.29, 0.717) is 11.9 Å². The fraction of sp³-hybridized carbons (Fsp3) is 0.385. The first-order chi connectivity index (χ1) is 8.25. The molecule has 88 valence electrons. The second-order valence-electron chi connectivity index (χ2n) is 4.85. The number of hydrogen-bond donors (Lipinski definition) is 1. The quantitative estimate of drug-likeness (QED) is 0.859. The molecule has 2 aromatic heterocycles. The van der Waals surface area contributed by atoms with Gasteiger partial charge in [-0.15, -0.1) is 0 Å². The number of aromatic nitrogens is 3. The molecule has 0 saturated heterocycles. The van der Waals surface area contributed by atoms with Gasteiger partial charge < -0.3 is 10.3 Å². The second-order valence-corrected chi connectivity index (χ2v) is 4.85. The van der Waals surface area contributed by atoms with Crippen molar-refractivity contribution in [3.8, 4) is 11.3 Å². The van der Waals surface area contributed by atoms with E-state index in [1.165, 1.54) is 12.8 Å². The molecule has 2 heterocycles. The van der Waals surface area contributed by atoms with Gasteiger partial charge in [-0.2, -0.15) is 0 Å². The van der Waals surface area contributed by atoms with Gasteiger partial charge in [0.05, 0.1) is 18.2 Å². The van der Waals surface area contributed by atoms with E-state index in [2.05, 4.69) is 21.5 Å². The van der Waals surface area contributed by atoms with Gasteiger partial charge in [-0.3, -0.25) is 0 Å². The van der Waals surface area contributed by atoms with E-state index in [1.54, 1.807) is 6.20 Å². The molecule has 2 aromatic rings. The molecule has 1 aliphatic carbocycles. The normalized spacial score (nSPS) is 23.4. The molecular weight excluding hydrogens is 212 g/mol. The summed E-state index contributed by atoms with van der Waals surface area (Å²) in [7, 11) is 0. The Morgan fingerprint density at radius 3 is 2.94 bits per heavy atom. The Morgan fingerprint density at radius 2 is 2.24 bits per heavy atom. The highest BCUT2D eigenvalue weighted by molar-refractivity contribution is 5.70. The third-order valence-electron chi connectivity index (χ3n) is 3.52. The van der Waals surface area contributed by atoms with Crippen LogP contribution in [0.25, 0.3) is 11.3 Å². The van der Waals surface area contributed by atoms with E-state index in [1.807, 2.05) is 24.7 Å². The van der Waals surface area contributed by atoms with Crippen molar-refractivity contribution in [2.24, 2.45) is 5.92 Å². The second kappa shape index (κ2) is 3.87. The van der Waals surface area contributed by atoms with Crippen LogP contribution in [0.5, 0.6) is 0 Å². The number of hydrogen-bond acceptors (Lipinski definition) is 3. The SMILES string of the molecule is CC1CC(n2cncc2-c2cccnc2N)C1. The first kappa shape index (κ1) is 10.3. The number of rotatable bonds is 2. The van der Waals surface area contributed by atoms with Crippen LogP contribution in [0.2, 0.25) is 0 Å². The summed E-state index contributed by atoms with van der Waals surface area (Å²) in [5, 5.41) is 0. The molecule has 0 amide bonds. The first-order valence-electron chi connectivity index (χ1n) is 5.98. The van der Waals surface area contributed by atoms with Crippen molar-refractivity contribution < 1.29 is 0 Å². The Hall–Kier alpha value is -1.84. The highest BCUT2D eigenvalue weighted by Crippen LogP contribution is 2.40. The third kappa shape index (κ3) is 1.69. The van der Waals surface area contributed by atoms with Crippen molar-refractivity contribution in [1.29, 1.82) is 0 Å². The van der Waals surface area contributed by atoms with Crippen molar-refractivity contribution >= 4 is 5.82 Å². The van der Waals surface area contributed by atoms with Crippen molar-refractivity contribution in [2.75, 3.05) is 5.73 Å². The van der Waals surface area contributed by atoms with E-state index in [0.717, 1.165) is 17.2 Å². The van der Waals surface area contributed by atoms with E-state index in [4.69, 9.17) is 5.73 Å². The molecule has 0 bridgehead atoms. The smallest absolute Gasteiger partial charge is 0.132 e. The minimum atomic E-state index is 0.571. The highest BCUT2D eigenvalue weighted by Gasteiger charge is 2.28. The molecule has 4 heteroatoms. The molecular formula is C13H16N4. The number of pyridine rings is 1. The Labute approximate surface area is 101 Å². The van der Waals surface area contributed by atoms with Gasteiger partial charge in [-0.1, -0.05) is 6.92 Å². The summed E-state index contributed by atoms with van der Waals surface area (Å²) in [6.45, 7) is 2.28. The Kier molecular flexibility index (Phi) is 2.35. The Bertz CT molecular complexity index is 526. The van der Waals surface area contributed by atoms with E-state index >= 15 is 0 Å². The van der Waals surface area contributed by atoms with Crippen molar-refractivity contribution in [3.05, 3.63) is 30.9 Å².